The number of carbonyl (C=O) groups is 1. The summed E-state index contributed by atoms with van der Waals surface area (Å²) in [4.78, 5) is 14.9. The van der Waals surface area contributed by atoms with E-state index < -0.39 is 5.79 Å². The van der Waals surface area contributed by atoms with E-state index in [1.807, 2.05) is 4.90 Å². The van der Waals surface area contributed by atoms with Crippen molar-refractivity contribution >= 4 is 16.8 Å². The minimum Gasteiger partial charge on any atom is -0.347 e. The molecule has 2 fully saturated rings. The number of rotatable bonds is 5. The van der Waals surface area contributed by atoms with Gasteiger partial charge in [0.2, 0.25) is 5.91 Å². The van der Waals surface area contributed by atoms with Gasteiger partial charge in [0.25, 0.3) is 0 Å². The zero-order chi connectivity index (χ0) is 21.3. The van der Waals surface area contributed by atoms with Crippen molar-refractivity contribution in [3.05, 3.63) is 71.4 Å². The average molecular weight is 419 g/mol. The summed E-state index contributed by atoms with van der Waals surface area (Å²) in [6.07, 6.45) is 5.06. The summed E-state index contributed by atoms with van der Waals surface area (Å²) < 4.78 is 13.9. The van der Waals surface area contributed by atoms with Gasteiger partial charge < -0.3 is 18.9 Å². The molecule has 0 aliphatic carbocycles. The van der Waals surface area contributed by atoms with Crippen LogP contribution in [0.3, 0.4) is 0 Å². The molecule has 0 atom stereocenters. The van der Waals surface area contributed by atoms with Crippen LogP contribution < -0.4 is 0 Å². The zero-order valence-corrected chi connectivity index (χ0v) is 18.2. The van der Waals surface area contributed by atoms with Crippen molar-refractivity contribution in [2.45, 2.75) is 44.9 Å². The number of nitrogens with zero attached hydrogens (tertiary/aromatic N) is 2. The Balaban J connectivity index is 1.26. The van der Waals surface area contributed by atoms with Crippen molar-refractivity contribution in [2.75, 3.05) is 26.3 Å². The van der Waals surface area contributed by atoms with E-state index in [0.29, 0.717) is 32.7 Å². The first-order valence-electron chi connectivity index (χ1n) is 11.3. The summed E-state index contributed by atoms with van der Waals surface area (Å²) in [6, 6.07) is 17.2. The molecule has 2 aliphatic heterocycles. The van der Waals surface area contributed by atoms with Gasteiger partial charge >= 0.3 is 0 Å². The van der Waals surface area contributed by atoms with Crippen LogP contribution in [0.4, 0.5) is 0 Å². The van der Waals surface area contributed by atoms with E-state index in [1.54, 1.807) is 0 Å². The zero-order valence-electron chi connectivity index (χ0n) is 18.2. The summed E-state index contributed by atoms with van der Waals surface area (Å²) in [5.74, 6) is -0.205. The van der Waals surface area contributed by atoms with E-state index in [9.17, 15) is 4.79 Å². The molecule has 0 saturated carbocycles. The van der Waals surface area contributed by atoms with Crippen LogP contribution in [0, 0.1) is 6.92 Å². The van der Waals surface area contributed by atoms with Gasteiger partial charge in [-0.25, -0.2) is 0 Å². The molecule has 1 spiro atoms. The summed E-state index contributed by atoms with van der Waals surface area (Å²) in [7, 11) is 0. The lowest BCUT2D eigenvalue weighted by Crippen LogP contribution is -2.47. The van der Waals surface area contributed by atoms with Crippen LogP contribution in [0.25, 0.3) is 10.9 Å². The second-order valence-electron chi connectivity index (χ2n) is 8.77. The van der Waals surface area contributed by atoms with Crippen LogP contribution in [0.2, 0.25) is 0 Å². The second-order valence-corrected chi connectivity index (χ2v) is 8.77. The number of piperidine rings is 1. The molecule has 5 heteroatoms. The van der Waals surface area contributed by atoms with Gasteiger partial charge in [-0.15, -0.1) is 0 Å². The van der Waals surface area contributed by atoms with Gasteiger partial charge in [-0.3, -0.25) is 4.79 Å². The Labute approximate surface area is 183 Å². The van der Waals surface area contributed by atoms with E-state index in [4.69, 9.17) is 9.47 Å². The number of fused-ring (bicyclic) bond motifs is 1. The molecule has 2 aliphatic rings. The molecule has 0 N–H and O–H groups in total. The van der Waals surface area contributed by atoms with Crippen molar-refractivity contribution in [2.24, 2.45) is 0 Å². The number of benzene rings is 2. The molecular formula is C26H30N2O3. The summed E-state index contributed by atoms with van der Waals surface area (Å²) in [6.45, 7) is 5.71. The number of amides is 1. The van der Waals surface area contributed by atoms with Crippen molar-refractivity contribution in [1.29, 1.82) is 0 Å². The normalized spacial score (nSPS) is 18.2. The third-order valence-corrected chi connectivity index (χ3v) is 6.64. The van der Waals surface area contributed by atoms with Gasteiger partial charge in [0.1, 0.15) is 0 Å². The molecule has 1 aromatic heterocycles. The third kappa shape index (κ3) is 4.25. The lowest BCUT2D eigenvalue weighted by molar-refractivity contribution is -0.187. The minimum atomic E-state index is -0.430. The predicted molar refractivity (Wildman–Crippen MR) is 121 cm³/mol. The standard InChI is InChI=1S/C26H30N2O3/c1-20-6-8-21(9-7-20)18-28-19-22(23-4-2-3-5-24(23)28)10-11-25(29)27-14-12-26(13-15-27)30-16-17-31-26/h2-9,19H,10-18H2,1H3. The van der Waals surface area contributed by atoms with E-state index in [1.165, 1.54) is 27.6 Å². The predicted octanol–water partition coefficient (Wildman–Crippen LogP) is 4.30. The highest BCUT2D eigenvalue weighted by molar-refractivity contribution is 5.85. The van der Waals surface area contributed by atoms with Crippen LogP contribution in [-0.4, -0.2) is 47.5 Å². The summed E-state index contributed by atoms with van der Waals surface area (Å²) in [5.41, 5.74) is 5.02. The van der Waals surface area contributed by atoms with Gasteiger partial charge in [-0.05, 0) is 30.5 Å². The van der Waals surface area contributed by atoms with Crippen LogP contribution >= 0.6 is 0 Å². The molecule has 0 bridgehead atoms. The van der Waals surface area contributed by atoms with E-state index >= 15 is 0 Å². The lowest BCUT2D eigenvalue weighted by atomic mass is 10.0. The van der Waals surface area contributed by atoms with E-state index in [-0.39, 0.29) is 5.91 Å². The second kappa shape index (κ2) is 8.48. The molecule has 0 unspecified atom stereocenters. The molecule has 5 rings (SSSR count). The first-order valence-corrected chi connectivity index (χ1v) is 11.3. The Bertz CT molecular complexity index is 1050. The fourth-order valence-electron chi connectivity index (χ4n) is 4.83. The molecule has 2 saturated heterocycles. The molecule has 5 nitrogen and oxygen atoms in total. The Hall–Kier alpha value is -2.63. The molecular weight excluding hydrogens is 388 g/mol. The van der Waals surface area contributed by atoms with Gasteiger partial charge in [-0.1, -0.05) is 48.0 Å². The van der Waals surface area contributed by atoms with Crippen LogP contribution in [-0.2, 0) is 27.2 Å². The first-order chi connectivity index (χ1) is 15.1. The minimum absolute atomic E-state index is 0.225. The van der Waals surface area contributed by atoms with Gasteiger partial charge in [0, 0.05) is 56.0 Å². The van der Waals surface area contributed by atoms with E-state index in [0.717, 1.165) is 25.8 Å². The lowest BCUT2D eigenvalue weighted by Gasteiger charge is -2.37. The highest BCUT2D eigenvalue weighted by atomic mass is 16.7. The number of carbonyl (C=O) groups excluding carboxylic acids is 1. The van der Waals surface area contributed by atoms with E-state index in [2.05, 4.69) is 66.2 Å². The molecule has 162 valence electrons. The van der Waals surface area contributed by atoms with Crippen molar-refractivity contribution in [3.63, 3.8) is 0 Å². The van der Waals surface area contributed by atoms with Crippen LogP contribution in [0.1, 0.15) is 36.0 Å². The maximum absolute atomic E-state index is 12.9. The SMILES string of the molecule is Cc1ccc(Cn2cc(CCC(=O)N3CCC4(CC3)OCCO4)c3ccccc32)cc1. The average Bonchev–Trinajstić information content (AvgIpc) is 3.39. The number of para-hydroxylation sites is 1. The number of aryl methyl sites for hydroxylation is 2. The fourth-order valence-corrected chi connectivity index (χ4v) is 4.83. The fraction of sp³-hybridized carbons (Fsp3) is 0.423. The first kappa shape index (κ1) is 20.3. The molecule has 3 heterocycles. The molecule has 1 amide bonds. The quantitative estimate of drug-likeness (QED) is 0.621. The molecule has 0 radical (unpaired) electrons. The van der Waals surface area contributed by atoms with Gasteiger partial charge in [-0.2, -0.15) is 0 Å². The molecule has 3 aromatic rings. The summed E-state index contributed by atoms with van der Waals surface area (Å²) in [5, 5.41) is 1.24. The topological polar surface area (TPSA) is 43.7 Å². The largest absolute Gasteiger partial charge is 0.347 e. The number of aromatic nitrogens is 1. The van der Waals surface area contributed by atoms with Crippen LogP contribution in [0.5, 0.6) is 0 Å². The Kier molecular flexibility index (Phi) is 5.55. The monoisotopic (exact) mass is 418 g/mol. The number of likely N-dealkylation sites (tertiary alicyclic amines) is 1. The summed E-state index contributed by atoms with van der Waals surface area (Å²) >= 11 is 0. The Morgan fingerprint density at radius 2 is 1.71 bits per heavy atom. The number of hydrogen-bond donors (Lipinski definition) is 0. The molecule has 2 aromatic carbocycles. The van der Waals surface area contributed by atoms with Crippen molar-refractivity contribution in [3.8, 4) is 0 Å². The highest BCUT2D eigenvalue weighted by Crippen LogP contribution is 2.31. The third-order valence-electron chi connectivity index (χ3n) is 6.64. The van der Waals surface area contributed by atoms with Gasteiger partial charge in [0.15, 0.2) is 5.79 Å². The number of ether oxygens (including phenoxy) is 2. The highest BCUT2D eigenvalue weighted by Gasteiger charge is 2.40. The Morgan fingerprint density at radius 3 is 2.45 bits per heavy atom. The maximum atomic E-state index is 12.9. The van der Waals surface area contributed by atoms with Crippen molar-refractivity contribution < 1.29 is 14.3 Å². The number of hydrogen-bond acceptors (Lipinski definition) is 3. The van der Waals surface area contributed by atoms with Crippen LogP contribution in [0.15, 0.2) is 54.7 Å². The smallest absolute Gasteiger partial charge is 0.222 e. The molecule has 31 heavy (non-hydrogen) atoms. The Morgan fingerprint density at radius 1 is 1.00 bits per heavy atom. The maximum Gasteiger partial charge on any atom is 0.222 e. The van der Waals surface area contributed by atoms with Crippen molar-refractivity contribution in [1.82, 2.24) is 9.47 Å². The van der Waals surface area contributed by atoms with Gasteiger partial charge in [0.05, 0.1) is 13.2 Å².